The fourth-order valence-corrected chi connectivity index (χ4v) is 3.47. The number of hydrogen-bond acceptors (Lipinski definition) is 1. The van der Waals surface area contributed by atoms with Crippen molar-refractivity contribution in [3.8, 4) is 0 Å². The Labute approximate surface area is 121 Å². The molecule has 1 aliphatic heterocycles. The van der Waals surface area contributed by atoms with E-state index in [9.17, 15) is 4.21 Å². The Morgan fingerprint density at radius 3 is 2.56 bits per heavy atom. The van der Waals surface area contributed by atoms with Crippen LogP contribution in [0.5, 0.6) is 0 Å². The first-order valence-corrected chi connectivity index (χ1v) is 6.95. The SMILES string of the molecule is O=S1CCCC[C-]1c1ccc(Cl)c(Cl)c1.[Li+]. The summed E-state index contributed by atoms with van der Waals surface area (Å²) in [5.74, 6) is 0.773. The zero-order valence-electron chi connectivity index (χ0n) is 9.13. The zero-order chi connectivity index (χ0) is 10.8. The van der Waals surface area contributed by atoms with Crippen molar-refractivity contribution < 1.29 is 23.1 Å². The van der Waals surface area contributed by atoms with Crippen molar-refractivity contribution in [1.82, 2.24) is 0 Å². The van der Waals surface area contributed by atoms with Gasteiger partial charge in [0, 0.05) is 15.8 Å². The number of rotatable bonds is 1. The van der Waals surface area contributed by atoms with Crippen LogP contribution in [0.4, 0.5) is 0 Å². The topological polar surface area (TPSA) is 17.1 Å². The molecule has 1 atom stereocenters. The molecule has 1 fully saturated rings. The third-order valence-corrected chi connectivity index (χ3v) is 4.89. The van der Waals surface area contributed by atoms with Crippen LogP contribution in [0.25, 0.3) is 0 Å². The number of benzene rings is 1. The largest absolute Gasteiger partial charge is 1.00 e. The van der Waals surface area contributed by atoms with Crippen molar-refractivity contribution in [2.75, 3.05) is 5.75 Å². The van der Waals surface area contributed by atoms with E-state index in [0.29, 0.717) is 10.0 Å². The second-order valence-electron chi connectivity index (χ2n) is 3.56. The molecule has 0 aliphatic carbocycles. The van der Waals surface area contributed by atoms with Gasteiger partial charge in [-0.15, -0.1) is 6.07 Å². The van der Waals surface area contributed by atoms with Gasteiger partial charge in [-0.1, -0.05) is 47.4 Å². The second kappa shape index (κ2) is 6.38. The van der Waals surface area contributed by atoms with Crippen LogP contribution < -0.4 is 18.9 Å². The van der Waals surface area contributed by atoms with E-state index in [1.165, 1.54) is 0 Å². The molecule has 0 radical (unpaired) electrons. The molecule has 1 aliphatic rings. The Morgan fingerprint density at radius 1 is 1.19 bits per heavy atom. The molecule has 0 aromatic heterocycles. The first kappa shape index (κ1) is 14.5. The normalized spacial score (nSPS) is 20.4. The fourth-order valence-electron chi connectivity index (χ4n) is 1.70. The van der Waals surface area contributed by atoms with Gasteiger partial charge in [-0.3, -0.25) is 4.21 Å². The minimum absolute atomic E-state index is 0. The van der Waals surface area contributed by atoms with Crippen LogP contribution in [0.2, 0.25) is 10.0 Å². The second-order valence-corrected chi connectivity index (χ2v) is 5.97. The van der Waals surface area contributed by atoms with Gasteiger partial charge in [-0.2, -0.15) is 11.6 Å². The average molecular weight is 269 g/mol. The van der Waals surface area contributed by atoms with Gasteiger partial charge in [0.2, 0.25) is 0 Å². The van der Waals surface area contributed by atoms with E-state index in [2.05, 4.69) is 0 Å². The Balaban J connectivity index is 0.00000128. The maximum absolute atomic E-state index is 11.8. The summed E-state index contributed by atoms with van der Waals surface area (Å²) in [5.41, 5.74) is 0.974. The first-order valence-electron chi connectivity index (χ1n) is 4.88. The monoisotopic (exact) mass is 268 g/mol. The molecule has 0 spiro atoms. The summed E-state index contributed by atoms with van der Waals surface area (Å²) in [6.45, 7) is 0. The summed E-state index contributed by atoms with van der Waals surface area (Å²) < 4.78 is 11.8. The maximum atomic E-state index is 11.8. The summed E-state index contributed by atoms with van der Waals surface area (Å²) in [6.07, 6.45) is 3.07. The van der Waals surface area contributed by atoms with Crippen LogP contribution in [0.15, 0.2) is 18.2 Å². The zero-order valence-corrected chi connectivity index (χ0v) is 11.5. The minimum atomic E-state index is -0.829. The smallest absolute Gasteiger partial charge is 0.268 e. The van der Waals surface area contributed by atoms with E-state index >= 15 is 0 Å². The summed E-state index contributed by atoms with van der Waals surface area (Å²) >= 11 is 11.8. The molecule has 0 N–H and O–H groups in total. The van der Waals surface area contributed by atoms with Gasteiger partial charge in [0.25, 0.3) is 0 Å². The minimum Gasteiger partial charge on any atom is -0.268 e. The van der Waals surface area contributed by atoms with Crippen molar-refractivity contribution in [1.29, 1.82) is 0 Å². The van der Waals surface area contributed by atoms with E-state index in [1.807, 2.05) is 12.1 Å². The quantitative estimate of drug-likeness (QED) is 0.544. The molecule has 2 rings (SSSR count). The summed E-state index contributed by atoms with van der Waals surface area (Å²) in [6, 6.07) is 5.47. The van der Waals surface area contributed by atoms with E-state index < -0.39 is 10.8 Å². The van der Waals surface area contributed by atoms with Crippen LogP contribution >= 0.6 is 23.2 Å². The molecule has 0 saturated carbocycles. The Kier molecular flexibility index (Phi) is 5.77. The number of halogens is 2. The molecule has 1 nitrogen and oxygen atoms in total. The van der Waals surface area contributed by atoms with Gasteiger partial charge in [-0.25, -0.2) is 0 Å². The Hall–Kier alpha value is 0.417. The summed E-state index contributed by atoms with van der Waals surface area (Å²) in [4.78, 5) is 0. The molecule has 1 heterocycles. The van der Waals surface area contributed by atoms with Crippen molar-refractivity contribution in [3.05, 3.63) is 39.1 Å². The van der Waals surface area contributed by atoms with E-state index in [4.69, 9.17) is 23.2 Å². The van der Waals surface area contributed by atoms with Gasteiger partial charge >= 0.3 is 18.9 Å². The van der Waals surface area contributed by atoms with Crippen LogP contribution in [-0.2, 0) is 10.8 Å². The average Bonchev–Trinajstić information content (AvgIpc) is 2.23. The third kappa shape index (κ3) is 3.21. The van der Waals surface area contributed by atoms with Crippen molar-refractivity contribution in [2.45, 2.75) is 19.3 Å². The number of hydrogen-bond donors (Lipinski definition) is 0. The van der Waals surface area contributed by atoms with Gasteiger partial charge in [0.1, 0.15) is 0 Å². The molecule has 1 unspecified atom stereocenters. The third-order valence-electron chi connectivity index (χ3n) is 2.50. The standard InChI is InChI=1S/C11H11Cl2OS.Li/c12-9-5-4-8(7-10(9)13)11-3-1-2-6-15(11)14;/h4-5,7H,1-3,6H2;/q-1;+1. The molecule has 0 bridgehead atoms. The Morgan fingerprint density at radius 2 is 1.94 bits per heavy atom. The van der Waals surface area contributed by atoms with Crippen molar-refractivity contribution >= 4 is 34.0 Å². The summed E-state index contributed by atoms with van der Waals surface area (Å²) in [5, 5.41) is 2.09. The van der Waals surface area contributed by atoms with Crippen LogP contribution in [0.1, 0.15) is 24.8 Å². The molecule has 82 valence electrons. The predicted molar refractivity (Wildman–Crippen MR) is 65.7 cm³/mol. The van der Waals surface area contributed by atoms with Gasteiger partial charge in [0.15, 0.2) is 0 Å². The van der Waals surface area contributed by atoms with Crippen molar-refractivity contribution in [2.24, 2.45) is 0 Å². The molecular weight excluding hydrogens is 258 g/mol. The van der Waals surface area contributed by atoms with Crippen LogP contribution in [0.3, 0.4) is 0 Å². The van der Waals surface area contributed by atoms with E-state index in [0.717, 1.165) is 35.8 Å². The molecular formula is C11H11Cl2LiOS. The van der Waals surface area contributed by atoms with Crippen LogP contribution in [-0.4, -0.2) is 9.96 Å². The fraction of sp³-hybridized carbons (Fsp3) is 0.364. The molecule has 1 aromatic carbocycles. The molecule has 0 amide bonds. The first-order chi connectivity index (χ1) is 7.18. The predicted octanol–water partition coefficient (Wildman–Crippen LogP) is 0.810. The molecule has 1 aromatic rings. The van der Waals surface area contributed by atoms with Gasteiger partial charge < -0.3 is 0 Å². The van der Waals surface area contributed by atoms with E-state index in [1.54, 1.807) is 6.07 Å². The molecule has 5 heteroatoms. The summed E-state index contributed by atoms with van der Waals surface area (Å²) in [7, 11) is -0.829. The Bertz CT molecular complexity index is 398. The van der Waals surface area contributed by atoms with E-state index in [-0.39, 0.29) is 18.9 Å². The van der Waals surface area contributed by atoms with Crippen molar-refractivity contribution in [3.63, 3.8) is 0 Å². The molecule has 16 heavy (non-hydrogen) atoms. The maximum Gasteiger partial charge on any atom is 1.00 e. The van der Waals surface area contributed by atoms with Crippen LogP contribution in [0, 0.1) is 5.25 Å². The molecule has 1 saturated heterocycles. The van der Waals surface area contributed by atoms with Gasteiger partial charge in [-0.05, 0) is 17.2 Å². The van der Waals surface area contributed by atoms with Gasteiger partial charge in [0.05, 0.1) is 0 Å².